The first-order chi connectivity index (χ1) is 27.4. The van der Waals surface area contributed by atoms with Gasteiger partial charge in [-0.3, -0.25) is 23.7 Å². The molecule has 10 heteroatoms. The smallest absolute Gasteiger partial charge is 0.261 e. The number of rotatable bonds is 7. The largest absolute Gasteiger partial charge is 0.357 e. The van der Waals surface area contributed by atoms with E-state index in [0.717, 1.165) is 33.5 Å². The number of hydrazone groups is 1. The minimum Gasteiger partial charge on any atom is -0.357 e. The monoisotopic (exact) mass is 735 g/mol. The Morgan fingerprint density at radius 3 is 2.05 bits per heavy atom. The molecule has 1 N–H and O–H groups in total. The van der Waals surface area contributed by atoms with Gasteiger partial charge in [0.1, 0.15) is 6.04 Å². The van der Waals surface area contributed by atoms with Crippen molar-refractivity contribution in [2.24, 2.45) is 10.9 Å². The quantitative estimate of drug-likeness (QED) is 0.198. The van der Waals surface area contributed by atoms with Crippen LogP contribution in [0.3, 0.4) is 0 Å². The number of allylic oxidation sites excluding steroid dienone is 4. The third kappa shape index (κ3) is 5.90. The van der Waals surface area contributed by atoms with Crippen LogP contribution in [0, 0.1) is 5.92 Å². The van der Waals surface area contributed by atoms with Gasteiger partial charge in [-0.15, -0.1) is 0 Å². The zero-order valence-corrected chi connectivity index (χ0v) is 31.0. The Morgan fingerprint density at radius 1 is 0.714 bits per heavy atom. The lowest BCUT2D eigenvalue weighted by molar-refractivity contribution is -0.501. The summed E-state index contributed by atoms with van der Waals surface area (Å²) in [6.45, 7) is 3.03. The van der Waals surface area contributed by atoms with Crippen LogP contribution in [-0.4, -0.2) is 65.9 Å². The Balaban J connectivity index is 0.823. The van der Waals surface area contributed by atoms with Crippen LogP contribution >= 0.6 is 0 Å². The third-order valence-electron chi connectivity index (χ3n) is 11.5. The van der Waals surface area contributed by atoms with E-state index >= 15 is 0 Å². The molecule has 0 saturated carbocycles. The predicted octanol–water partition coefficient (Wildman–Crippen LogP) is 6.13. The molecule has 4 unspecified atom stereocenters. The molecule has 4 heterocycles. The summed E-state index contributed by atoms with van der Waals surface area (Å²) in [4.78, 5) is 42.5. The number of benzene rings is 4. The molecule has 4 atom stereocenters. The van der Waals surface area contributed by atoms with Gasteiger partial charge in [-0.25, -0.2) is 9.97 Å². The topological polar surface area (TPSA) is 100 Å². The molecule has 4 aliphatic rings. The number of para-hydroxylation sites is 1. The second-order valence-electron chi connectivity index (χ2n) is 15.0. The highest BCUT2D eigenvalue weighted by Crippen LogP contribution is 2.31. The minimum atomic E-state index is -0.0647. The number of nitrogens with one attached hydrogen (secondary N) is 1. The Labute approximate surface area is 323 Å². The molecular weight excluding hydrogens is 697 g/mol. The van der Waals surface area contributed by atoms with E-state index in [1.165, 1.54) is 11.3 Å². The predicted molar refractivity (Wildman–Crippen MR) is 222 cm³/mol. The SMILES string of the molecule is CC1=[N+](c2ccc3c(=O)n(Cc4ccc(C5=CC6C(C=C5)N=CN6C)cc4)cnc3c2)NC2C=C(c3ccc(Cn4cnc5ccccc5c4=O)cc3)C=CC12. The summed E-state index contributed by atoms with van der Waals surface area (Å²) in [7, 11) is 2.06. The summed E-state index contributed by atoms with van der Waals surface area (Å²) < 4.78 is 5.44. The highest BCUT2D eigenvalue weighted by Gasteiger charge is 2.39. The number of hydrazine groups is 1. The lowest BCUT2D eigenvalue weighted by atomic mass is 9.87. The van der Waals surface area contributed by atoms with E-state index < -0.39 is 0 Å². The van der Waals surface area contributed by atoms with Gasteiger partial charge in [0.25, 0.3) is 11.1 Å². The van der Waals surface area contributed by atoms with Gasteiger partial charge >= 0.3 is 0 Å². The Kier molecular flexibility index (Phi) is 8.06. The van der Waals surface area contributed by atoms with E-state index in [1.807, 2.05) is 48.8 Å². The van der Waals surface area contributed by atoms with E-state index in [-0.39, 0.29) is 35.2 Å². The molecule has 2 aliphatic heterocycles. The Hall–Kier alpha value is -6.94. The van der Waals surface area contributed by atoms with Gasteiger partial charge < -0.3 is 4.90 Å². The summed E-state index contributed by atoms with van der Waals surface area (Å²) >= 11 is 0. The van der Waals surface area contributed by atoms with Crippen LogP contribution in [0.2, 0.25) is 0 Å². The summed E-state index contributed by atoms with van der Waals surface area (Å²) in [6.07, 6.45) is 18.5. The van der Waals surface area contributed by atoms with Gasteiger partial charge in [-0.1, -0.05) is 95.7 Å². The summed E-state index contributed by atoms with van der Waals surface area (Å²) in [5.41, 5.74) is 13.7. The minimum absolute atomic E-state index is 0.0405. The van der Waals surface area contributed by atoms with Gasteiger partial charge in [0.05, 0.1) is 71.9 Å². The number of hydrogen-bond acceptors (Lipinski definition) is 7. The lowest BCUT2D eigenvalue weighted by Crippen LogP contribution is -2.32. The van der Waals surface area contributed by atoms with Crippen molar-refractivity contribution in [3.8, 4) is 0 Å². The average molecular weight is 736 g/mol. The molecule has 10 rings (SSSR count). The number of fused-ring (bicyclic) bond motifs is 4. The van der Waals surface area contributed by atoms with Gasteiger partial charge in [-0.05, 0) is 57.7 Å². The van der Waals surface area contributed by atoms with Crippen LogP contribution in [0.4, 0.5) is 5.69 Å². The zero-order chi connectivity index (χ0) is 37.9. The molecule has 4 aromatic carbocycles. The van der Waals surface area contributed by atoms with Crippen molar-refractivity contribution in [1.29, 1.82) is 0 Å². The van der Waals surface area contributed by atoms with E-state index in [2.05, 4.69) is 124 Å². The van der Waals surface area contributed by atoms with Crippen molar-refractivity contribution in [3.63, 3.8) is 0 Å². The first kappa shape index (κ1) is 33.6. The van der Waals surface area contributed by atoms with Crippen molar-refractivity contribution >= 4 is 50.7 Å². The van der Waals surface area contributed by atoms with Gasteiger partial charge in [0.2, 0.25) is 5.69 Å². The fourth-order valence-corrected chi connectivity index (χ4v) is 8.28. The summed E-state index contributed by atoms with van der Waals surface area (Å²) in [6, 6.07) is 30.6. The zero-order valence-electron chi connectivity index (χ0n) is 31.0. The summed E-state index contributed by atoms with van der Waals surface area (Å²) in [5, 5.41) is 1.21. The standard InChI is InChI=1S/C46H39N8O2/c1-29-37-18-15-34(32-11-7-30(8-12-32)24-52-27-48-40-6-4-3-5-38(40)45(52)55)21-43(37)50-54(29)36-17-19-39-42(23-36)49-28-53(46(39)56)25-31-9-13-33(14-10-31)35-16-20-41-44(22-35)51(2)26-47-41/h3-23,26-28,37,41,43-44,50H,24-25H2,1-2H3/q+1. The van der Waals surface area contributed by atoms with E-state index in [9.17, 15) is 9.59 Å². The van der Waals surface area contributed by atoms with Crippen molar-refractivity contribution in [3.05, 3.63) is 183 Å². The number of likely N-dealkylation sites (N-methyl/N-ethyl adjacent to an activating group) is 1. The number of hydrogen-bond donors (Lipinski definition) is 1. The Bertz CT molecular complexity index is 2880. The van der Waals surface area contributed by atoms with Crippen LogP contribution < -0.4 is 16.5 Å². The lowest BCUT2D eigenvalue weighted by Gasteiger charge is -2.24. The maximum Gasteiger partial charge on any atom is 0.261 e. The third-order valence-corrected chi connectivity index (χ3v) is 11.5. The van der Waals surface area contributed by atoms with Gasteiger partial charge in [0, 0.05) is 26.1 Å². The molecule has 2 aromatic heterocycles. The van der Waals surface area contributed by atoms with Crippen molar-refractivity contribution in [2.45, 2.75) is 38.1 Å². The van der Waals surface area contributed by atoms with Crippen molar-refractivity contribution < 1.29 is 4.68 Å². The second kappa shape index (κ2) is 13.4. The molecule has 2 aliphatic carbocycles. The Morgan fingerprint density at radius 2 is 1.34 bits per heavy atom. The fourth-order valence-electron chi connectivity index (χ4n) is 8.28. The number of aromatic nitrogens is 4. The van der Waals surface area contributed by atoms with Crippen LogP contribution in [0.5, 0.6) is 0 Å². The van der Waals surface area contributed by atoms with E-state index in [1.54, 1.807) is 21.8 Å². The highest BCUT2D eigenvalue weighted by atomic mass is 16.1. The van der Waals surface area contributed by atoms with Crippen LogP contribution in [0.25, 0.3) is 33.0 Å². The van der Waals surface area contributed by atoms with Crippen LogP contribution in [-0.2, 0) is 13.1 Å². The first-order valence-electron chi connectivity index (χ1n) is 18.9. The normalized spacial score (nSPS) is 21.0. The molecule has 0 amide bonds. The second-order valence-corrected chi connectivity index (χ2v) is 15.0. The van der Waals surface area contributed by atoms with Gasteiger partial charge in [0.15, 0.2) is 5.71 Å². The summed E-state index contributed by atoms with van der Waals surface area (Å²) in [5.74, 6) is 0.189. The molecule has 56 heavy (non-hydrogen) atoms. The number of aliphatic imine (C=N–C) groups is 1. The highest BCUT2D eigenvalue weighted by molar-refractivity contribution is 5.89. The van der Waals surface area contributed by atoms with E-state index in [4.69, 9.17) is 4.98 Å². The molecule has 274 valence electrons. The van der Waals surface area contributed by atoms with Crippen LogP contribution in [0.15, 0.2) is 155 Å². The van der Waals surface area contributed by atoms with Crippen molar-refractivity contribution in [2.75, 3.05) is 7.05 Å². The molecule has 10 nitrogen and oxygen atoms in total. The fraction of sp³-hybridized carbons (Fsp3) is 0.174. The maximum absolute atomic E-state index is 13.7. The van der Waals surface area contributed by atoms with Crippen LogP contribution in [0.1, 0.15) is 29.2 Å². The molecule has 0 spiro atoms. The molecule has 6 aromatic rings. The molecule has 0 fully saturated rings. The molecule has 0 radical (unpaired) electrons. The maximum atomic E-state index is 13.7. The first-order valence-corrected chi connectivity index (χ1v) is 18.9. The molecule has 0 saturated heterocycles. The molecule has 0 bridgehead atoms. The molecular formula is C46H39N8O2+. The van der Waals surface area contributed by atoms with Gasteiger partial charge in [-0.2, -0.15) is 5.43 Å². The average Bonchev–Trinajstić information content (AvgIpc) is 3.78. The van der Waals surface area contributed by atoms with E-state index in [0.29, 0.717) is 34.9 Å². The number of nitrogens with zero attached hydrogens (tertiary/aromatic N) is 7. The van der Waals surface area contributed by atoms with Crippen molar-refractivity contribution in [1.82, 2.24) is 29.4 Å².